The van der Waals surface area contributed by atoms with E-state index < -0.39 is 0 Å². The first-order valence-corrected chi connectivity index (χ1v) is 8.52. The largest absolute Gasteiger partial charge is 0.326 e. The molecule has 1 spiro atoms. The Morgan fingerprint density at radius 3 is 2.73 bits per heavy atom. The van der Waals surface area contributed by atoms with Crippen molar-refractivity contribution in [3.8, 4) is 0 Å². The number of carbonyl (C=O) groups is 1. The van der Waals surface area contributed by atoms with E-state index in [1.807, 2.05) is 15.8 Å². The van der Waals surface area contributed by atoms with Crippen LogP contribution in [-0.4, -0.2) is 39.8 Å². The average molecular weight is 303 g/mol. The lowest BCUT2D eigenvalue weighted by molar-refractivity contribution is 0.127. The molecule has 6 heteroatoms. The van der Waals surface area contributed by atoms with E-state index in [4.69, 9.17) is 5.73 Å². The van der Waals surface area contributed by atoms with Gasteiger partial charge in [0.15, 0.2) is 0 Å². The molecule has 120 valence electrons. The van der Waals surface area contributed by atoms with E-state index in [2.05, 4.69) is 10.4 Å². The van der Waals surface area contributed by atoms with E-state index in [1.54, 1.807) is 6.20 Å². The van der Waals surface area contributed by atoms with E-state index in [1.165, 1.54) is 32.1 Å². The second-order valence-electron chi connectivity index (χ2n) is 7.28. The Morgan fingerprint density at radius 2 is 2.09 bits per heavy atom. The predicted molar refractivity (Wildman–Crippen MR) is 84.6 cm³/mol. The maximum absolute atomic E-state index is 12.4. The summed E-state index contributed by atoms with van der Waals surface area (Å²) in [5.74, 6) is 0. The van der Waals surface area contributed by atoms with Crippen LogP contribution in [0, 0.1) is 5.41 Å². The van der Waals surface area contributed by atoms with Crippen molar-refractivity contribution in [2.45, 2.75) is 57.0 Å². The minimum absolute atomic E-state index is 0.0369. The molecule has 2 amide bonds. The number of urea groups is 1. The van der Waals surface area contributed by atoms with E-state index in [-0.39, 0.29) is 17.5 Å². The zero-order valence-corrected chi connectivity index (χ0v) is 13.0. The van der Waals surface area contributed by atoms with Crippen molar-refractivity contribution >= 4 is 11.7 Å². The van der Waals surface area contributed by atoms with Crippen LogP contribution in [0.15, 0.2) is 12.4 Å². The number of amides is 2. The van der Waals surface area contributed by atoms with Crippen molar-refractivity contribution in [3.63, 3.8) is 0 Å². The van der Waals surface area contributed by atoms with Crippen molar-refractivity contribution < 1.29 is 4.79 Å². The van der Waals surface area contributed by atoms with E-state index in [0.29, 0.717) is 12.6 Å². The molecule has 1 atom stereocenters. The number of hydrogen-bond acceptors (Lipinski definition) is 3. The zero-order chi connectivity index (χ0) is 15.2. The van der Waals surface area contributed by atoms with Gasteiger partial charge in [0.25, 0.3) is 0 Å². The number of nitrogens with two attached hydrogens (primary N) is 1. The van der Waals surface area contributed by atoms with Crippen molar-refractivity contribution in [1.29, 1.82) is 0 Å². The van der Waals surface area contributed by atoms with Crippen LogP contribution in [0.2, 0.25) is 0 Å². The molecular weight excluding hydrogens is 278 g/mol. The smallest absolute Gasteiger partial charge is 0.322 e. The summed E-state index contributed by atoms with van der Waals surface area (Å²) in [5.41, 5.74) is 7.24. The molecule has 1 aromatic heterocycles. The lowest BCUT2D eigenvalue weighted by atomic mass is 9.66. The summed E-state index contributed by atoms with van der Waals surface area (Å²) in [5, 5.41) is 7.39. The quantitative estimate of drug-likeness (QED) is 0.880. The summed E-state index contributed by atoms with van der Waals surface area (Å²) in [6, 6.07) is 0.600. The number of likely N-dealkylation sites (tertiary alicyclic amines) is 1. The normalized spacial score (nSPS) is 27.3. The first-order valence-electron chi connectivity index (χ1n) is 8.52. The molecule has 22 heavy (non-hydrogen) atoms. The highest BCUT2D eigenvalue weighted by Crippen LogP contribution is 2.47. The monoisotopic (exact) mass is 303 g/mol. The lowest BCUT2D eigenvalue weighted by Gasteiger charge is -2.41. The highest BCUT2D eigenvalue weighted by molar-refractivity contribution is 5.89. The van der Waals surface area contributed by atoms with Gasteiger partial charge in [-0.1, -0.05) is 19.3 Å². The molecule has 0 bridgehead atoms. The molecule has 3 fully saturated rings. The molecule has 1 saturated heterocycles. The van der Waals surface area contributed by atoms with E-state index in [0.717, 1.165) is 25.1 Å². The average Bonchev–Trinajstić information content (AvgIpc) is 3.14. The maximum atomic E-state index is 12.4. The summed E-state index contributed by atoms with van der Waals surface area (Å²) < 4.78 is 2.01. The molecule has 6 nitrogen and oxygen atoms in total. The molecule has 3 aliphatic rings. The van der Waals surface area contributed by atoms with Crippen LogP contribution in [0.1, 0.15) is 51.0 Å². The van der Waals surface area contributed by atoms with Gasteiger partial charge in [-0.3, -0.25) is 4.68 Å². The van der Waals surface area contributed by atoms with Gasteiger partial charge < -0.3 is 16.0 Å². The molecule has 0 radical (unpaired) electrons. The van der Waals surface area contributed by atoms with Crippen LogP contribution >= 0.6 is 0 Å². The number of rotatable bonds is 2. The molecule has 4 rings (SSSR count). The summed E-state index contributed by atoms with van der Waals surface area (Å²) in [7, 11) is 0. The van der Waals surface area contributed by atoms with Gasteiger partial charge in [-0.05, 0) is 25.7 Å². The third-order valence-electron chi connectivity index (χ3n) is 5.90. The summed E-state index contributed by atoms with van der Waals surface area (Å²) in [6.45, 7) is 1.47. The number of nitrogens with one attached hydrogen (secondary N) is 1. The Kier molecular flexibility index (Phi) is 3.36. The molecule has 1 unspecified atom stereocenters. The number of anilines is 1. The Bertz CT molecular complexity index is 559. The second kappa shape index (κ2) is 5.26. The standard InChI is InChI=1S/C16H25N5O/c17-14-10-20(11-16(14)6-3-7-16)15(22)19-12-8-18-21(9-12)13-4-1-2-5-13/h8-9,13-14H,1-7,10-11,17H2,(H,19,22). The molecular formula is C16H25N5O. The van der Waals surface area contributed by atoms with Gasteiger partial charge in [0, 0.05) is 30.7 Å². The van der Waals surface area contributed by atoms with Crippen LogP contribution in [0.4, 0.5) is 10.5 Å². The molecule has 2 heterocycles. The third kappa shape index (κ3) is 2.29. The number of aromatic nitrogens is 2. The number of nitrogens with zero attached hydrogens (tertiary/aromatic N) is 3. The van der Waals surface area contributed by atoms with Crippen molar-refractivity contribution in [1.82, 2.24) is 14.7 Å². The SMILES string of the molecule is NC1CN(C(=O)Nc2cnn(C3CCCC3)c2)CC12CCC2. The fraction of sp³-hybridized carbons (Fsp3) is 0.750. The highest BCUT2D eigenvalue weighted by atomic mass is 16.2. The summed E-state index contributed by atoms with van der Waals surface area (Å²) in [4.78, 5) is 14.3. The fourth-order valence-corrected chi connectivity index (χ4v) is 4.28. The van der Waals surface area contributed by atoms with Crippen LogP contribution in [-0.2, 0) is 0 Å². The number of carbonyl (C=O) groups excluding carboxylic acids is 1. The molecule has 3 N–H and O–H groups in total. The second-order valence-corrected chi connectivity index (χ2v) is 7.28. The topological polar surface area (TPSA) is 76.2 Å². The van der Waals surface area contributed by atoms with Gasteiger partial charge in [0.2, 0.25) is 0 Å². The minimum Gasteiger partial charge on any atom is -0.326 e. The molecule has 2 aliphatic carbocycles. The van der Waals surface area contributed by atoms with Gasteiger partial charge in [0.1, 0.15) is 0 Å². The van der Waals surface area contributed by atoms with Gasteiger partial charge in [-0.25, -0.2) is 4.79 Å². The van der Waals surface area contributed by atoms with Crippen LogP contribution < -0.4 is 11.1 Å². The van der Waals surface area contributed by atoms with Crippen molar-refractivity contribution in [2.75, 3.05) is 18.4 Å². The van der Waals surface area contributed by atoms with E-state index >= 15 is 0 Å². The van der Waals surface area contributed by atoms with Gasteiger partial charge in [0.05, 0.1) is 17.9 Å². The number of hydrogen-bond donors (Lipinski definition) is 2. The Hall–Kier alpha value is -1.56. The summed E-state index contributed by atoms with van der Waals surface area (Å²) >= 11 is 0. The minimum atomic E-state index is -0.0369. The van der Waals surface area contributed by atoms with E-state index in [9.17, 15) is 4.79 Å². The first kappa shape index (κ1) is 14.1. The van der Waals surface area contributed by atoms with Gasteiger partial charge in [-0.15, -0.1) is 0 Å². The Morgan fingerprint density at radius 1 is 1.32 bits per heavy atom. The van der Waals surface area contributed by atoms with Gasteiger partial charge in [-0.2, -0.15) is 5.10 Å². The van der Waals surface area contributed by atoms with Crippen LogP contribution in [0.3, 0.4) is 0 Å². The Balaban J connectivity index is 1.38. The van der Waals surface area contributed by atoms with Gasteiger partial charge >= 0.3 is 6.03 Å². The van der Waals surface area contributed by atoms with Crippen LogP contribution in [0.5, 0.6) is 0 Å². The maximum Gasteiger partial charge on any atom is 0.322 e. The zero-order valence-electron chi connectivity index (χ0n) is 13.0. The lowest BCUT2D eigenvalue weighted by Crippen LogP contribution is -2.45. The predicted octanol–water partition coefficient (Wildman–Crippen LogP) is 2.34. The Labute approximate surface area is 131 Å². The van der Waals surface area contributed by atoms with Crippen molar-refractivity contribution in [3.05, 3.63) is 12.4 Å². The first-order chi connectivity index (χ1) is 10.7. The fourth-order valence-electron chi connectivity index (χ4n) is 4.28. The third-order valence-corrected chi connectivity index (χ3v) is 5.90. The molecule has 1 aliphatic heterocycles. The molecule has 1 aromatic rings. The summed E-state index contributed by atoms with van der Waals surface area (Å²) in [6.07, 6.45) is 12.2. The molecule has 0 aromatic carbocycles. The van der Waals surface area contributed by atoms with Crippen LogP contribution in [0.25, 0.3) is 0 Å². The highest BCUT2D eigenvalue weighted by Gasteiger charge is 2.49. The van der Waals surface area contributed by atoms with Crippen molar-refractivity contribution in [2.24, 2.45) is 11.1 Å². The molecule has 2 saturated carbocycles.